The number of ether oxygens (including phenoxy) is 1. The zero-order valence-corrected chi connectivity index (χ0v) is 22.7. The Hall–Kier alpha value is -5.12. The average Bonchev–Trinajstić information content (AvgIpc) is 3.45. The van der Waals surface area contributed by atoms with Gasteiger partial charge in [0.05, 0.1) is 23.6 Å². The number of piperidine rings is 1. The minimum Gasteiger partial charge on any atom is -0.452 e. The highest BCUT2D eigenvalue weighted by Gasteiger charge is 2.20. The fourth-order valence-corrected chi connectivity index (χ4v) is 5.14. The maximum atomic E-state index is 15.3. The first-order valence-electron chi connectivity index (χ1n) is 13.5. The number of nitrogens with zero attached hydrogens (tertiary/aromatic N) is 4. The predicted molar refractivity (Wildman–Crippen MR) is 153 cm³/mol. The Kier molecular flexibility index (Phi) is 7.12. The van der Waals surface area contributed by atoms with E-state index in [9.17, 15) is 18.8 Å². The van der Waals surface area contributed by atoms with Gasteiger partial charge in [0.25, 0.3) is 5.56 Å². The van der Waals surface area contributed by atoms with Crippen LogP contribution in [0.4, 0.5) is 14.5 Å². The van der Waals surface area contributed by atoms with E-state index in [1.165, 1.54) is 47.0 Å². The molecule has 0 aliphatic carbocycles. The molecule has 4 heterocycles. The number of hydrogen-bond acceptors (Lipinski definition) is 6. The van der Waals surface area contributed by atoms with Crippen LogP contribution in [0.2, 0.25) is 0 Å². The molecule has 0 radical (unpaired) electrons. The molecule has 0 spiro atoms. The normalized spacial score (nSPS) is 13.5. The molecule has 1 saturated heterocycles. The summed E-state index contributed by atoms with van der Waals surface area (Å²) in [6.45, 7) is 2.88. The molecule has 42 heavy (non-hydrogen) atoms. The highest BCUT2D eigenvalue weighted by molar-refractivity contribution is 5.97. The van der Waals surface area contributed by atoms with Crippen molar-refractivity contribution in [2.75, 3.05) is 18.0 Å². The lowest BCUT2D eigenvalue weighted by molar-refractivity contribution is -0.119. The van der Waals surface area contributed by atoms with Gasteiger partial charge in [0.2, 0.25) is 0 Å². The summed E-state index contributed by atoms with van der Waals surface area (Å²) in [7, 11) is 0. The Morgan fingerprint density at radius 3 is 2.40 bits per heavy atom. The summed E-state index contributed by atoms with van der Waals surface area (Å²) in [6, 6.07) is 16.3. The fourth-order valence-electron chi connectivity index (χ4n) is 5.14. The molecule has 212 valence electrons. The Morgan fingerprint density at radius 2 is 1.67 bits per heavy atom. The second kappa shape index (κ2) is 11.0. The van der Waals surface area contributed by atoms with Crippen molar-refractivity contribution >= 4 is 22.8 Å². The number of Topliss-reactive ketones (excluding diaryl/α,β-unsaturated/α-hetero) is 2. The number of anilines is 1. The maximum absolute atomic E-state index is 15.3. The molecule has 6 rings (SSSR count). The van der Waals surface area contributed by atoms with Crippen LogP contribution in [0.25, 0.3) is 11.2 Å². The van der Waals surface area contributed by atoms with E-state index in [0.29, 0.717) is 54.1 Å². The van der Waals surface area contributed by atoms with Crippen molar-refractivity contribution in [1.82, 2.24) is 14.2 Å². The number of aromatic nitrogens is 3. The number of aryl methyl sites for hydroxylation is 1. The molecule has 1 aliphatic heterocycles. The number of benzene rings is 2. The lowest BCUT2D eigenvalue weighted by Crippen LogP contribution is -2.33. The molecule has 0 amide bonds. The summed E-state index contributed by atoms with van der Waals surface area (Å²) >= 11 is 0. The molecule has 0 N–H and O–H groups in total. The van der Waals surface area contributed by atoms with E-state index in [-0.39, 0.29) is 23.5 Å². The first-order valence-corrected chi connectivity index (χ1v) is 13.5. The Morgan fingerprint density at radius 1 is 0.905 bits per heavy atom. The van der Waals surface area contributed by atoms with Crippen LogP contribution in [0, 0.1) is 18.6 Å². The van der Waals surface area contributed by atoms with Gasteiger partial charge in [-0.25, -0.2) is 13.3 Å². The average molecular weight is 569 g/mol. The monoisotopic (exact) mass is 568 g/mol. The van der Waals surface area contributed by atoms with Crippen molar-refractivity contribution in [1.29, 1.82) is 0 Å². The minimum absolute atomic E-state index is 0.0331. The molecule has 0 unspecified atom stereocenters. The first-order chi connectivity index (χ1) is 20.3. The first kappa shape index (κ1) is 27.1. The quantitative estimate of drug-likeness (QED) is 0.243. The third-order valence-corrected chi connectivity index (χ3v) is 7.39. The van der Waals surface area contributed by atoms with Gasteiger partial charge in [0, 0.05) is 49.8 Å². The van der Waals surface area contributed by atoms with Crippen molar-refractivity contribution in [3.05, 3.63) is 118 Å². The van der Waals surface area contributed by atoms with Crippen LogP contribution in [0.3, 0.4) is 0 Å². The number of rotatable bonds is 7. The predicted octanol–water partition coefficient (Wildman–Crippen LogP) is 5.46. The van der Waals surface area contributed by atoms with Crippen LogP contribution >= 0.6 is 0 Å². The van der Waals surface area contributed by atoms with Crippen LogP contribution in [-0.2, 0) is 11.2 Å². The Labute approximate surface area is 239 Å². The minimum atomic E-state index is -0.667. The Bertz CT molecular complexity index is 1890. The highest BCUT2D eigenvalue weighted by Crippen LogP contribution is 2.33. The van der Waals surface area contributed by atoms with E-state index in [0.717, 1.165) is 5.69 Å². The van der Waals surface area contributed by atoms with Gasteiger partial charge in [-0.1, -0.05) is 6.07 Å². The zero-order valence-electron chi connectivity index (χ0n) is 22.7. The van der Waals surface area contributed by atoms with E-state index < -0.39 is 23.0 Å². The molecule has 1 aliphatic rings. The van der Waals surface area contributed by atoms with Gasteiger partial charge in [-0.15, -0.1) is 0 Å². The van der Waals surface area contributed by atoms with Gasteiger partial charge >= 0.3 is 0 Å². The summed E-state index contributed by atoms with van der Waals surface area (Å²) in [5.74, 6) is -0.991. The number of fused-ring (bicyclic) bond motifs is 1. The number of carbonyl (C=O) groups is 2. The molecule has 0 atom stereocenters. The highest BCUT2D eigenvalue weighted by atomic mass is 19.1. The maximum Gasteiger partial charge on any atom is 0.266 e. The summed E-state index contributed by atoms with van der Waals surface area (Å²) in [5, 5.41) is 4.30. The van der Waals surface area contributed by atoms with Crippen LogP contribution < -0.4 is 15.2 Å². The summed E-state index contributed by atoms with van der Waals surface area (Å²) < 4.78 is 37.6. The standard InChI is InChI=1S/C32H26F2N4O4/c1-20-2-8-26(32(41)38(20)23-6-4-22(33)5-7-23)29(40)17-21-3-9-30(27(34)16-21)42-31-18-24(19-37-28(31)10-13-35-37)36-14-11-25(39)12-15-36/h2-10,13,16,18-19H,11-12,14-15,17H2,1H3. The summed E-state index contributed by atoms with van der Waals surface area (Å²) in [5.41, 5.74) is 2.26. The van der Waals surface area contributed by atoms with Gasteiger partial charge < -0.3 is 9.64 Å². The van der Waals surface area contributed by atoms with E-state index in [1.807, 2.05) is 6.20 Å². The number of ketones is 2. The number of hydrogen-bond donors (Lipinski definition) is 0. The van der Waals surface area contributed by atoms with Crippen molar-refractivity contribution in [2.45, 2.75) is 26.2 Å². The summed E-state index contributed by atoms with van der Waals surface area (Å²) in [4.78, 5) is 40.1. The molecule has 10 heteroatoms. The topological polar surface area (TPSA) is 85.9 Å². The molecule has 1 fully saturated rings. The number of carbonyl (C=O) groups excluding carboxylic acids is 2. The van der Waals surface area contributed by atoms with Crippen LogP contribution in [-0.4, -0.2) is 38.8 Å². The smallest absolute Gasteiger partial charge is 0.266 e. The molecular weight excluding hydrogens is 542 g/mol. The lowest BCUT2D eigenvalue weighted by Gasteiger charge is -2.28. The Balaban J connectivity index is 1.23. The van der Waals surface area contributed by atoms with Crippen molar-refractivity contribution in [2.24, 2.45) is 0 Å². The third-order valence-electron chi connectivity index (χ3n) is 7.39. The van der Waals surface area contributed by atoms with Crippen LogP contribution in [0.1, 0.15) is 34.5 Å². The molecule has 0 bridgehead atoms. The van der Waals surface area contributed by atoms with Gasteiger partial charge in [-0.3, -0.25) is 19.0 Å². The van der Waals surface area contributed by atoms with E-state index in [4.69, 9.17) is 4.74 Å². The number of halogens is 2. The number of pyridine rings is 2. The molecule has 0 saturated carbocycles. The van der Waals surface area contributed by atoms with Crippen LogP contribution in [0.15, 0.2) is 83.9 Å². The molecule has 8 nitrogen and oxygen atoms in total. The van der Waals surface area contributed by atoms with Gasteiger partial charge in [0.15, 0.2) is 23.1 Å². The lowest BCUT2D eigenvalue weighted by atomic mass is 10.0. The fraction of sp³-hybridized carbons (Fsp3) is 0.188. The van der Waals surface area contributed by atoms with Gasteiger partial charge in [-0.2, -0.15) is 5.10 Å². The SMILES string of the molecule is Cc1ccc(C(=O)Cc2ccc(Oc3cc(N4CCC(=O)CC4)cn4nccc34)c(F)c2)c(=O)n1-c1ccc(F)cc1. The van der Waals surface area contributed by atoms with E-state index in [1.54, 1.807) is 41.9 Å². The van der Waals surface area contributed by atoms with Crippen molar-refractivity contribution in [3.8, 4) is 17.2 Å². The zero-order chi connectivity index (χ0) is 29.4. The van der Waals surface area contributed by atoms with Crippen LogP contribution in [0.5, 0.6) is 11.5 Å². The second-order valence-electron chi connectivity index (χ2n) is 10.2. The second-order valence-corrected chi connectivity index (χ2v) is 10.2. The van der Waals surface area contributed by atoms with Gasteiger partial charge in [-0.05, 0) is 67.1 Å². The van der Waals surface area contributed by atoms with Crippen molar-refractivity contribution < 1.29 is 23.1 Å². The van der Waals surface area contributed by atoms with E-state index in [2.05, 4.69) is 10.00 Å². The molecule has 2 aromatic carbocycles. The molecule has 3 aromatic heterocycles. The summed E-state index contributed by atoms with van der Waals surface area (Å²) in [6.07, 6.45) is 4.19. The molecular formula is C32H26F2N4O4. The third kappa shape index (κ3) is 5.30. The van der Waals surface area contributed by atoms with Gasteiger partial charge in [0.1, 0.15) is 17.1 Å². The molecule has 5 aromatic rings. The van der Waals surface area contributed by atoms with Crippen molar-refractivity contribution in [3.63, 3.8) is 0 Å². The largest absolute Gasteiger partial charge is 0.452 e. The van der Waals surface area contributed by atoms with E-state index >= 15 is 4.39 Å².